The highest BCUT2D eigenvalue weighted by Crippen LogP contribution is 2.42. The Morgan fingerprint density at radius 3 is 1.79 bits per heavy atom. The van der Waals surface area contributed by atoms with E-state index in [0.29, 0.717) is 0 Å². The zero-order valence-corrected chi connectivity index (χ0v) is 26.3. The SMILES string of the molecule is COC1C(OC2C(O)C(CO)OC(OC3C(O)C(C)OC(OC(COP(=O)(O)OC)C(O)C(O)O)C3O)C2O)OC(CO)C(O)C1O. The molecule has 12 N–H and O–H groups in total. The molecule has 278 valence electrons. The van der Waals surface area contributed by atoms with Gasteiger partial charge in [0.25, 0.3) is 0 Å². The van der Waals surface area contributed by atoms with Crippen LogP contribution in [0.5, 0.6) is 0 Å². The molecule has 0 aromatic rings. The predicted molar refractivity (Wildman–Crippen MR) is 144 cm³/mol. The van der Waals surface area contributed by atoms with Crippen molar-refractivity contribution in [1.82, 2.24) is 0 Å². The summed E-state index contributed by atoms with van der Waals surface area (Å²) >= 11 is 0. The topological polar surface area (TPSA) is 343 Å². The summed E-state index contributed by atoms with van der Waals surface area (Å²) < 4.78 is 59.0. The fourth-order valence-electron chi connectivity index (χ4n) is 5.13. The normalized spacial score (nSPS) is 44.2. The molecule has 0 aromatic carbocycles. The molecule has 0 bridgehead atoms. The number of rotatable bonds is 15. The van der Waals surface area contributed by atoms with Gasteiger partial charge in [-0.15, -0.1) is 0 Å². The van der Waals surface area contributed by atoms with E-state index in [4.69, 9.17) is 33.2 Å². The quantitative estimate of drug-likeness (QED) is 0.0553. The van der Waals surface area contributed by atoms with Crippen LogP contribution >= 0.6 is 7.82 Å². The molecule has 0 aromatic heterocycles. The van der Waals surface area contributed by atoms with Gasteiger partial charge in [0.05, 0.1) is 25.9 Å². The van der Waals surface area contributed by atoms with Crippen molar-refractivity contribution in [1.29, 1.82) is 0 Å². The third-order valence-corrected chi connectivity index (χ3v) is 8.85. The van der Waals surface area contributed by atoms with E-state index < -0.39 is 138 Å². The van der Waals surface area contributed by atoms with Gasteiger partial charge in [0.2, 0.25) is 0 Å². The molecule has 18 atom stereocenters. The minimum absolute atomic E-state index is 0.758. The van der Waals surface area contributed by atoms with Crippen LogP contribution in [0.2, 0.25) is 0 Å². The molecule has 3 aliphatic rings. The molecule has 3 saturated heterocycles. The van der Waals surface area contributed by atoms with Crippen molar-refractivity contribution in [2.75, 3.05) is 34.0 Å². The smallest absolute Gasteiger partial charge is 0.394 e. The molecule has 18 unspecified atom stereocenters. The molecule has 23 heteroatoms. The van der Waals surface area contributed by atoms with Crippen LogP contribution in [0.15, 0.2) is 0 Å². The highest BCUT2D eigenvalue weighted by Gasteiger charge is 2.54. The summed E-state index contributed by atoms with van der Waals surface area (Å²) in [4.78, 5) is 9.52. The number of hydrogen-bond donors (Lipinski definition) is 12. The maximum atomic E-state index is 11.7. The van der Waals surface area contributed by atoms with E-state index >= 15 is 0 Å². The summed E-state index contributed by atoms with van der Waals surface area (Å²) in [5.74, 6) is 0. The van der Waals surface area contributed by atoms with Gasteiger partial charge in [0, 0.05) is 14.2 Å². The summed E-state index contributed by atoms with van der Waals surface area (Å²) in [5.41, 5.74) is 0. The molecule has 47 heavy (non-hydrogen) atoms. The Bertz CT molecular complexity index is 995. The Kier molecular flexibility index (Phi) is 15.2. The van der Waals surface area contributed by atoms with Gasteiger partial charge in [-0.1, -0.05) is 0 Å². The minimum atomic E-state index is -4.66. The van der Waals surface area contributed by atoms with Crippen molar-refractivity contribution in [3.8, 4) is 0 Å². The number of phosphoric ester groups is 1. The number of phosphoric acid groups is 1. The zero-order valence-electron chi connectivity index (χ0n) is 25.4. The van der Waals surface area contributed by atoms with Crippen LogP contribution in [-0.4, -0.2) is 206 Å². The lowest BCUT2D eigenvalue weighted by Crippen LogP contribution is -2.67. The first kappa shape index (κ1) is 40.8. The zero-order chi connectivity index (χ0) is 35.4. The molecule has 3 fully saturated rings. The van der Waals surface area contributed by atoms with Crippen molar-refractivity contribution in [3.63, 3.8) is 0 Å². The molecule has 22 nitrogen and oxygen atoms in total. The average molecular weight is 717 g/mol. The first-order valence-electron chi connectivity index (χ1n) is 14.3. The monoisotopic (exact) mass is 716 g/mol. The van der Waals surface area contributed by atoms with Gasteiger partial charge in [-0.25, -0.2) is 4.57 Å². The van der Waals surface area contributed by atoms with E-state index in [1.807, 2.05) is 0 Å². The second-order valence-corrected chi connectivity index (χ2v) is 12.6. The third kappa shape index (κ3) is 9.59. The lowest BCUT2D eigenvalue weighted by molar-refractivity contribution is -0.383. The van der Waals surface area contributed by atoms with Crippen molar-refractivity contribution in [3.05, 3.63) is 0 Å². The van der Waals surface area contributed by atoms with Crippen LogP contribution in [0.4, 0.5) is 0 Å². The van der Waals surface area contributed by atoms with E-state index in [1.54, 1.807) is 0 Å². The van der Waals surface area contributed by atoms with Crippen molar-refractivity contribution >= 4 is 7.82 Å². The maximum absolute atomic E-state index is 11.7. The molecule has 3 aliphatic heterocycles. The minimum Gasteiger partial charge on any atom is -0.394 e. The van der Waals surface area contributed by atoms with Crippen molar-refractivity contribution in [2.24, 2.45) is 0 Å². The second-order valence-electron chi connectivity index (χ2n) is 11.0. The van der Waals surface area contributed by atoms with E-state index in [2.05, 4.69) is 9.05 Å². The molecule has 0 amide bonds. The lowest BCUT2D eigenvalue weighted by atomic mass is 9.96. The van der Waals surface area contributed by atoms with Crippen LogP contribution in [0.1, 0.15) is 6.92 Å². The Labute approximate surface area is 267 Å². The Hall–Kier alpha value is -0.610. The lowest BCUT2D eigenvalue weighted by Gasteiger charge is -2.48. The Morgan fingerprint density at radius 2 is 1.23 bits per heavy atom. The van der Waals surface area contributed by atoms with Gasteiger partial charge in [0.1, 0.15) is 79.4 Å². The Balaban J connectivity index is 1.81. The maximum Gasteiger partial charge on any atom is 0.472 e. The molecular formula is C24H45O22P. The fourth-order valence-corrected chi connectivity index (χ4v) is 5.57. The van der Waals surface area contributed by atoms with Crippen LogP contribution in [0, 0.1) is 0 Å². The Morgan fingerprint density at radius 1 is 0.702 bits per heavy atom. The molecule has 3 heterocycles. The van der Waals surface area contributed by atoms with E-state index in [9.17, 15) is 65.6 Å². The molecule has 0 radical (unpaired) electrons. The van der Waals surface area contributed by atoms with Gasteiger partial charge in [0.15, 0.2) is 25.2 Å². The number of aliphatic hydroxyl groups is 11. The van der Waals surface area contributed by atoms with Crippen LogP contribution in [0.3, 0.4) is 0 Å². The fraction of sp³-hybridized carbons (Fsp3) is 1.00. The first-order valence-corrected chi connectivity index (χ1v) is 15.8. The summed E-state index contributed by atoms with van der Waals surface area (Å²) in [6.07, 6.45) is -31.6. The van der Waals surface area contributed by atoms with Crippen LogP contribution in [0.25, 0.3) is 0 Å². The number of ether oxygens (including phenoxy) is 7. The van der Waals surface area contributed by atoms with E-state index in [1.165, 1.54) is 6.92 Å². The average Bonchev–Trinajstić information content (AvgIpc) is 3.03. The molecule has 0 aliphatic carbocycles. The van der Waals surface area contributed by atoms with Gasteiger partial charge in [-0.05, 0) is 6.92 Å². The van der Waals surface area contributed by atoms with Gasteiger partial charge >= 0.3 is 7.82 Å². The predicted octanol–water partition coefficient (Wildman–Crippen LogP) is -7.06. The molecule has 3 rings (SSSR count). The van der Waals surface area contributed by atoms with Gasteiger partial charge < -0.3 is 94.2 Å². The number of aliphatic hydroxyl groups excluding tert-OH is 10. The molecular weight excluding hydrogens is 671 g/mol. The standard InChI is InChI=1S/C24H45O22P/c1-7-11(27)18(16(32)22(41-7)44-10(14(30)21(34)35)6-40-47(36,37)39-3)45-23-17(33)19(13(29)9(5-26)42-23)46-24-20(38-2)15(31)12(28)8(4-25)43-24/h7-35H,4-6H2,1-3H3,(H,36,37). The van der Waals surface area contributed by atoms with E-state index in [-0.39, 0.29) is 0 Å². The number of methoxy groups -OCH3 is 1. The molecule has 0 saturated carbocycles. The van der Waals surface area contributed by atoms with Crippen LogP contribution < -0.4 is 0 Å². The third-order valence-electron chi connectivity index (χ3n) is 7.91. The summed E-state index contributed by atoms with van der Waals surface area (Å²) in [6, 6.07) is 0. The van der Waals surface area contributed by atoms with Gasteiger partial charge in [-0.2, -0.15) is 0 Å². The van der Waals surface area contributed by atoms with Crippen molar-refractivity contribution < 1.29 is 108 Å². The highest BCUT2D eigenvalue weighted by atomic mass is 31.2. The van der Waals surface area contributed by atoms with Crippen LogP contribution in [-0.2, 0) is 46.8 Å². The molecule has 0 spiro atoms. The largest absolute Gasteiger partial charge is 0.472 e. The number of hydrogen-bond acceptors (Lipinski definition) is 21. The second kappa shape index (κ2) is 17.5. The summed E-state index contributed by atoms with van der Waals surface area (Å²) in [6.45, 7) is -1.32. The first-order chi connectivity index (χ1) is 22.0. The van der Waals surface area contributed by atoms with Gasteiger partial charge in [-0.3, -0.25) is 9.05 Å². The summed E-state index contributed by atoms with van der Waals surface area (Å²) in [7, 11) is -2.68. The van der Waals surface area contributed by atoms with Crippen molar-refractivity contribution in [2.45, 2.75) is 118 Å². The summed E-state index contributed by atoms with van der Waals surface area (Å²) in [5, 5.41) is 113. The highest BCUT2D eigenvalue weighted by molar-refractivity contribution is 7.47. The van der Waals surface area contributed by atoms with E-state index in [0.717, 1.165) is 14.2 Å².